The smallest absolute Gasteiger partial charge is 0.331 e. The number of aliphatic hydroxyl groups is 1. The second kappa shape index (κ2) is 14.3. The molecule has 0 bridgehead atoms. The normalized spacial score (nSPS) is 21.0. The van der Waals surface area contributed by atoms with E-state index in [9.17, 15) is 9.90 Å². The molecule has 0 aliphatic carbocycles. The molecule has 156 valence electrons. The van der Waals surface area contributed by atoms with E-state index in [0.717, 1.165) is 0 Å². The summed E-state index contributed by atoms with van der Waals surface area (Å²) in [6.07, 6.45) is 18.5. The number of rotatable bonds is 12. The predicted octanol–water partition coefficient (Wildman–Crippen LogP) is 4.44. The zero-order valence-electron chi connectivity index (χ0n) is 16.4. The van der Waals surface area contributed by atoms with Gasteiger partial charge in [-0.3, -0.25) is 0 Å². The number of carbonyl (C=O) groups excluding carboxylic acids is 1. The van der Waals surface area contributed by atoms with Crippen LogP contribution in [-0.4, -0.2) is 36.0 Å². The van der Waals surface area contributed by atoms with Gasteiger partial charge >= 0.3 is 5.97 Å². The average Bonchev–Trinajstić information content (AvgIpc) is 2.66. The van der Waals surface area contributed by atoms with Crippen LogP contribution in [0.4, 0.5) is 0 Å². The highest BCUT2D eigenvalue weighted by Crippen LogP contribution is 2.31. The summed E-state index contributed by atoms with van der Waals surface area (Å²) < 4.78 is 15.8. The van der Waals surface area contributed by atoms with Crippen molar-refractivity contribution in [2.75, 3.05) is 6.61 Å². The van der Waals surface area contributed by atoms with Gasteiger partial charge in [0, 0.05) is 42.3 Å². The maximum Gasteiger partial charge on any atom is 0.331 e. The molecule has 0 saturated carbocycles. The van der Waals surface area contributed by atoms with E-state index in [2.05, 4.69) is 18.4 Å². The number of ether oxygens (including phenoxy) is 1. The molecule has 0 aromatic heterocycles. The first-order chi connectivity index (χ1) is 13.4. The summed E-state index contributed by atoms with van der Waals surface area (Å²) in [6.45, 7) is 4.46. The molecule has 5 nitrogen and oxygen atoms in total. The minimum Gasteiger partial charge on any atom is -0.455 e. The Bertz CT molecular complexity index is 611. The van der Waals surface area contributed by atoms with E-state index in [-0.39, 0.29) is 26.7 Å². The number of carbonyl (C=O) groups is 1. The average molecular weight is 444 g/mol. The molecule has 8 heteroatoms. The highest BCUT2D eigenvalue weighted by Gasteiger charge is 2.28. The lowest BCUT2D eigenvalue weighted by molar-refractivity contribution is -0.141. The Morgan fingerprint density at radius 2 is 2.14 bits per heavy atom. The Labute approximate surface area is 174 Å². The minimum absolute atomic E-state index is 0.196. The highest BCUT2D eigenvalue weighted by molar-refractivity contribution is 8.00. The number of esters is 1. The van der Waals surface area contributed by atoms with Crippen LogP contribution in [0, 0.1) is 5.41 Å². The summed E-state index contributed by atoms with van der Waals surface area (Å²) in [5.41, 5.74) is -0.482. The first kappa shape index (κ1) is 25.4. The largest absolute Gasteiger partial charge is 0.455 e. The Hall–Kier alpha value is -0.660. The molecule has 1 aliphatic heterocycles. The van der Waals surface area contributed by atoms with E-state index in [1.165, 1.54) is 6.08 Å². The number of allylic oxidation sites excluding steroid dienone is 4. The third kappa shape index (κ3) is 10.8. The minimum atomic E-state index is -0.613. The SMILES string of the molecule is CC(C)(/C=C/[C@H]1CC=CC(=O)O1)[C@H](O)C[C@H](\C=C/C=C\C=C\COP)OPP. The first-order valence-corrected chi connectivity index (χ1v) is 12.3. The van der Waals surface area contributed by atoms with Crippen LogP contribution in [0.15, 0.2) is 60.8 Å². The van der Waals surface area contributed by atoms with E-state index >= 15 is 0 Å². The number of aliphatic hydroxyl groups excluding tert-OH is 1. The van der Waals surface area contributed by atoms with Gasteiger partial charge in [0.1, 0.15) is 6.10 Å². The topological polar surface area (TPSA) is 65.0 Å². The van der Waals surface area contributed by atoms with Crippen LogP contribution in [0.3, 0.4) is 0 Å². The molecule has 0 fully saturated rings. The van der Waals surface area contributed by atoms with E-state index in [0.29, 0.717) is 19.4 Å². The van der Waals surface area contributed by atoms with Gasteiger partial charge in [0.2, 0.25) is 0 Å². The monoisotopic (exact) mass is 444 g/mol. The summed E-state index contributed by atoms with van der Waals surface area (Å²) in [7, 11) is 5.01. The molecule has 28 heavy (non-hydrogen) atoms. The standard InChI is InChI=1S/C20H31O5P3/c1-20(2,13-12-16-10-8-11-19(22)24-16)18(21)15-17(25-28-27)9-6-4-3-5-7-14-23-26/h3-9,11-13,16-18,21,28H,10,14-15,26-27H2,1-2H3/b4-3-,7-5+,9-6-,13-12+/t16-,17+,18-/m1/s1. The predicted molar refractivity (Wildman–Crippen MR) is 123 cm³/mol. The van der Waals surface area contributed by atoms with E-state index in [1.807, 2.05) is 62.5 Å². The van der Waals surface area contributed by atoms with Crippen LogP contribution in [0.5, 0.6) is 0 Å². The van der Waals surface area contributed by atoms with Gasteiger partial charge < -0.3 is 18.9 Å². The van der Waals surface area contributed by atoms with Crippen LogP contribution >= 0.6 is 26.9 Å². The zero-order chi connectivity index (χ0) is 20.8. The lowest BCUT2D eigenvalue weighted by atomic mass is 9.82. The molecular weight excluding hydrogens is 413 g/mol. The Morgan fingerprint density at radius 1 is 1.39 bits per heavy atom. The number of hydrogen-bond donors (Lipinski definition) is 1. The lowest BCUT2D eigenvalue weighted by Gasteiger charge is -2.30. The van der Waals surface area contributed by atoms with E-state index in [4.69, 9.17) is 13.8 Å². The number of cyclic esters (lactones) is 1. The molecule has 0 spiro atoms. The number of hydrogen-bond acceptors (Lipinski definition) is 5. The molecule has 1 rings (SSSR count). The van der Waals surface area contributed by atoms with Gasteiger partial charge in [-0.15, -0.1) is 0 Å². The Balaban J connectivity index is 2.61. The van der Waals surface area contributed by atoms with Crippen LogP contribution < -0.4 is 0 Å². The second-order valence-corrected chi connectivity index (χ2v) is 8.36. The van der Waals surface area contributed by atoms with Crippen molar-refractivity contribution in [3.8, 4) is 0 Å². The van der Waals surface area contributed by atoms with Crippen molar-refractivity contribution < 1.29 is 23.7 Å². The summed E-state index contributed by atoms with van der Waals surface area (Å²) in [5, 5.41) is 10.7. The quantitative estimate of drug-likeness (QED) is 0.209. The zero-order valence-corrected chi connectivity index (χ0v) is 19.7. The van der Waals surface area contributed by atoms with Gasteiger partial charge in [0.05, 0.1) is 18.8 Å². The van der Waals surface area contributed by atoms with Crippen molar-refractivity contribution in [2.45, 2.75) is 45.0 Å². The van der Waals surface area contributed by atoms with Gasteiger partial charge in [-0.05, 0) is 6.08 Å². The van der Waals surface area contributed by atoms with Gasteiger partial charge in [-0.2, -0.15) is 0 Å². The Morgan fingerprint density at radius 3 is 2.82 bits per heavy atom. The second-order valence-electron chi connectivity index (χ2n) is 6.85. The molecule has 1 aliphatic rings. The van der Waals surface area contributed by atoms with Gasteiger partial charge in [0.15, 0.2) is 0 Å². The summed E-state index contributed by atoms with van der Waals surface area (Å²) in [5.74, 6) is -0.330. The molecule has 0 aromatic rings. The van der Waals surface area contributed by atoms with Crippen molar-refractivity contribution in [2.24, 2.45) is 5.41 Å². The third-order valence-corrected chi connectivity index (χ3v) is 5.19. The van der Waals surface area contributed by atoms with Crippen molar-refractivity contribution >= 4 is 32.9 Å². The van der Waals surface area contributed by atoms with Crippen LogP contribution in [0.1, 0.15) is 26.7 Å². The molecular formula is C20H31O5P3. The van der Waals surface area contributed by atoms with Gasteiger partial charge in [-0.1, -0.05) is 71.4 Å². The molecule has 0 radical (unpaired) electrons. The lowest BCUT2D eigenvalue weighted by Crippen LogP contribution is -2.31. The molecule has 0 aromatic carbocycles. The van der Waals surface area contributed by atoms with Crippen LogP contribution in [0.25, 0.3) is 0 Å². The van der Waals surface area contributed by atoms with Crippen molar-refractivity contribution in [1.82, 2.24) is 0 Å². The van der Waals surface area contributed by atoms with Gasteiger partial charge in [0.25, 0.3) is 0 Å². The molecule has 3 unspecified atom stereocenters. The first-order valence-electron chi connectivity index (χ1n) is 9.06. The molecule has 1 heterocycles. The molecule has 0 amide bonds. The maximum absolute atomic E-state index is 11.3. The van der Waals surface area contributed by atoms with Crippen LogP contribution in [0.2, 0.25) is 0 Å². The fourth-order valence-electron chi connectivity index (χ4n) is 2.40. The van der Waals surface area contributed by atoms with Gasteiger partial charge in [-0.25, -0.2) is 4.79 Å². The Kier molecular flexibility index (Phi) is 13.0. The summed E-state index contributed by atoms with van der Waals surface area (Å²) in [6, 6.07) is 0. The molecule has 1 N–H and O–H groups in total. The fraction of sp³-hybridized carbons (Fsp3) is 0.450. The fourth-order valence-corrected chi connectivity index (χ4v) is 3.39. The van der Waals surface area contributed by atoms with Crippen molar-refractivity contribution in [3.05, 3.63) is 60.8 Å². The van der Waals surface area contributed by atoms with E-state index < -0.39 is 11.5 Å². The van der Waals surface area contributed by atoms with E-state index in [1.54, 1.807) is 6.08 Å². The third-order valence-electron chi connectivity index (χ3n) is 4.15. The highest BCUT2D eigenvalue weighted by atomic mass is 32.0. The van der Waals surface area contributed by atoms with Crippen molar-refractivity contribution in [3.63, 3.8) is 0 Å². The molecule has 6 atom stereocenters. The summed E-state index contributed by atoms with van der Waals surface area (Å²) >= 11 is 0. The summed E-state index contributed by atoms with van der Waals surface area (Å²) in [4.78, 5) is 11.3. The van der Waals surface area contributed by atoms with Crippen molar-refractivity contribution in [1.29, 1.82) is 0 Å². The van der Waals surface area contributed by atoms with Crippen LogP contribution in [-0.2, 0) is 18.6 Å². The molecule has 0 saturated heterocycles. The maximum atomic E-state index is 11.3.